The van der Waals surface area contributed by atoms with Gasteiger partial charge in [-0.25, -0.2) is 4.79 Å². The summed E-state index contributed by atoms with van der Waals surface area (Å²) < 4.78 is 6.70. The number of ether oxygens (including phenoxy) is 1. The van der Waals surface area contributed by atoms with Crippen LogP contribution in [0.25, 0.3) is 16.6 Å². The number of carbonyl (C=O) groups excluding carboxylic acids is 1. The van der Waals surface area contributed by atoms with E-state index >= 15 is 0 Å². The molecule has 0 atom stereocenters. The highest BCUT2D eigenvalue weighted by Crippen LogP contribution is 2.21. The Bertz CT molecular complexity index is 1100. The van der Waals surface area contributed by atoms with E-state index < -0.39 is 5.97 Å². The maximum atomic E-state index is 12.4. The molecular formula is C16H11N5O3S. The van der Waals surface area contributed by atoms with Gasteiger partial charge in [-0.3, -0.25) is 4.79 Å². The first-order valence-electron chi connectivity index (χ1n) is 7.31. The summed E-state index contributed by atoms with van der Waals surface area (Å²) in [5.74, 6) is -0.534. The molecule has 8 nitrogen and oxygen atoms in total. The number of pyridine rings is 1. The van der Waals surface area contributed by atoms with E-state index in [1.165, 1.54) is 22.3 Å². The van der Waals surface area contributed by atoms with E-state index in [2.05, 4.69) is 20.5 Å². The van der Waals surface area contributed by atoms with Crippen LogP contribution in [-0.4, -0.2) is 31.2 Å². The number of hydrogen-bond donors (Lipinski definition) is 1. The van der Waals surface area contributed by atoms with Gasteiger partial charge in [-0.2, -0.15) is 4.68 Å². The highest BCUT2D eigenvalue weighted by atomic mass is 32.1. The van der Waals surface area contributed by atoms with Gasteiger partial charge >= 0.3 is 5.97 Å². The zero-order chi connectivity index (χ0) is 17.2. The van der Waals surface area contributed by atoms with Crippen molar-refractivity contribution >= 4 is 28.2 Å². The van der Waals surface area contributed by atoms with E-state index in [0.717, 1.165) is 10.9 Å². The van der Waals surface area contributed by atoms with Crippen molar-refractivity contribution in [2.24, 2.45) is 0 Å². The highest BCUT2D eigenvalue weighted by Gasteiger charge is 2.17. The predicted octanol–water partition coefficient (Wildman–Crippen LogP) is 1.92. The van der Waals surface area contributed by atoms with Crippen LogP contribution in [0.1, 0.15) is 15.2 Å². The minimum absolute atomic E-state index is 0.119. The minimum atomic E-state index is -0.534. The SMILES string of the molecule is O=C(OCc1cc2ccccc2[nH]c1=O)c1sccc1-n1cnnn1. The Morgan fingerprint density at radius 3 is 3.00 bits per heavy atom. The Labute approximate surface area is 144 Å². The summed E-state index contributed by atoms with van der Waals surface area (Å²) in [5, 5.41) is 13.5. The van der Waals surface area contributed by atoms with Crippen molar-refractivity contribution in [3.05, 3.63) is 68.9 Å². The van der Waals surface area contributed by atoms with Gasteiger partial charge in [-0.05, 0) is 39.4 Å². The summed E-state index contributed by atoms with van der Waals surface area (Å²) in [6.07, 6.45) is 1.40. The Morgan fingerprint density at radius 1 is 1.28 bits per heavy atom. The van der Waals surface area contributed by atoms with Gasteiger partial charge in [0.25, 0.3) is 5.56 Å². The fourth-order valence-electron chi connectivity index (χ4n) is 2.42. The second-order valence-corrected chi connectivity index (χ2v) is 6.09. The Balaban J connectivity index is 1.56. The summed E-state index contributed by atoms with van der Waals surface area (Å²) in [6, 6.07) is 10.9. The molecule has 0 saturated heterocycles. The van der Waals surface area contributed by atoms with Crippen LogP contribution in [0.5, 0.6) is 0 Å². The zero-order valence-electron chi connectivity index (χ0n) is 12.7. The van der Waals surface area contributed by atoms with Gasteiger partial charge in [-0.15, -0.1) is 16.4 Å². The molecule has 4 rings (SSSR count). The van der Waals surface area contributed by atoms with Crippen molar-refractivity contribution in [1.82, 2.24) is 25.2 Å². The van der Waals surface area contributed by atoms with Crippen molar-refractivity contribution < 1.29 is 9.53 Å². The second-order valence-electron chi connectivity index (χ2n) is 5.18. The lowest BCUT2D eigenvalue weighted by Gasteiger charge is -2.06. The molecule has 0 amide bonds. The monoisotopic (exact) mass is 353 g/mol. The first kappa shape index (κ1) is 15.2. The molecule has 0 saturated carbocycles. The third-order valence-electron chi connectivity index (χ3n) is 3.61. The maximum absolute atomic E-state index is 12.4. The van der Waals surface area contributed by atoms with Crippen LogP contribution in [0.15, 0.2) is 52.9 Å². The molecule has 0 bridgehead atoms. The number of aromatic amines is 1. The molecule has 3 aromatic heterocycles. The number of benzene rings is 1. The fourth-order valence-corrected chi connectivity index (χ4v) is 3.19. The van der Waals surface area contributed by atoms with Crippen molar-refractivity contribution in [3.8, 4) is 5.69 Å². The topological polar surface area (TPSA) is 103 Å². The van der Waals surface area contributed by atoms with Gasteiger partial charge < -0.3 is 9.72 Å². The third kappa shape index (κ3) is 2.92. The molecule has 1 aromatic carbocycles. The quantitative estimate of drug-likeness (QED) is 0.562. The Hall–Kier alpha value is -3.33. The van der Waals surface area contributed by atoms with Crippen molar-refractivity contribution in [3.63, 3.8) is 0 Å². The van der Waals surface area contributed by atoms with E-state index in [4.69, 9.17) is 4.74 Å². The molecule has 25 heavy (non-hydrogen) atoms. The standard InChI is InChI=1S/C16H11N5O3S/c22-15-11(7-10-3-1-2-4-12(10)18-15)8-24-16(23)14-13(5-6-25-14)21-9-17-19-20-21/h1-7,9H,8H2,(H,18,22). The minimum Gasteiger partial charge on any atom is -0.456 e. The number of hydrogen-bond acceptors (Lipinski definition) is 7. The van der Waals surface area contributed by atoms with Crippen LogP contribution in [-0.2, 0) is 11.3 Å². The molecule has 9 heteroatoms. The molecule has 3 heterocycles. The van der Waals surface area contributed by atoms with Crippen molar-refractivity contribution in [2.75, 3.05) is 0 Å². The molecule has 124 valence electrons. The number of nitrogens with zero attached hydrogens (tertiary/aromatic N) is 4. The smallest absolute Gasteiger partial charge is 0.350 e. The third-order valence-corrected chi connectivity index (χ3v) is 4.50. The number of tetrazole rings is 1. The average molecular weight is 353 g/mol. The normalized spacial score (nSPS) is 10.9. The Kier molecular flexibility index (Phi) is 3.82. The van der Waals surface area contributed by atoms with Gasteiger partial charge in [-0.1, -0.05) is 18.2 Å². The Morgan fingerprint density at radius 2 is 2.16 bits per heavy atom. The number of aromatic nitrogens is 5. The number of H-pyrrole nitrogens is 1. The number of nitrogens with one attached hydrogen (secondary N) is 1. The number of thiophene rings is 1. The molecule has 4 aromatic rings. The lowest BCUT2D eigenvalue weighted by atomic mass is 10.1. The first-order valence-corrected chi connectivity index (χ1v) is 8.19. The number of fused-ring (bicyclic) bond motifs is 1. The van der Waals surface area contributed by atoms with E-state index in [1.54, 1.807) is 17.5 Å². The van der Waals surface area contributed by atoms with Crippen LogP contribution in [0, 0.1) is 0 Å². The molecule has 0 fully saturated rings. The summed E-state index contributed by atoms with van der Waals surface area (Å²) in [6.45, 7) is -0.119. The second kappa shape index (κ2) is 6.29. The molecule has 0 unspecified atom stereocenters. The van der Waals surface area contributed by atoms with Crippen LogP contribution in [0.4, 0.5) is 0 Å². The summed E-state index contributed by atoms with van der Waals surface area (Å²) in [5.41, 5.74) is 1.38. The van der Waals surface area contributed by atoms with E-state index in [9.17, 15) is 9.59 Å². The first-order chi connectivity index (χ1) is 12.2. The van der Waals surface area contributed by atoms with Gasteiger partial charge in [0.15, 0.2) is 0 Å². The van der Waals surface area contributed by atoms with Crippen LogP contribution in [0.2, 0.25) is 0 Å². The van der Waals surface area contributed by atoms with Gasteiger partial charge in [0.2, 0.25) is 0 Å². The number of carbonyl (C=O) groups is 1. The number of esters is 1. The molecule has 1 N–H and O–H groups in total. The highest BCUT2D eigenvalue weighted by molar-refractivity contribution is 7.12. The van der Waals surface area contributed by atoms with Gasteiger partial charge in [0.05, 0.1) is 11.3 Å². The number of para-hydroxylation sites is 1. The molecular weight excluding hydrogens is 342 g/mol. The zero-order valence-corrected chi connectivity index (χ0v) is 13.6. The van der Waals surface area contributed by atoms with Gasteiger partial charge in [0.1, 0.15) is 17.8 Å². The van der Waals surface area contributed by atoms with E-state index in [0.29, 0.717) is 16.1 Å². The maximum Gasteiger partial charge on any atom is 0.350 e. The van der Waals surface area contributed by atoms with E-state index in [-0.39, 0.29) is 12.2 Å². The largest absolute Gasteiger partial charge is 0.456 e. The lowest BCUT2D eigenvalue weighted by molar-refractivity contribution is 0.0477. The van der Waals surface area contributed by atoms with Crippen LogP contribution >= 0.6 is 11.3 Å². The summed E-state index contributed by atoms with van der Waals surface area (Å²) in [7, 11) is 0. The lowest BCUT2D eigenvalue weighted by Crippen LogP contribution is -2.15. The molecule has 0 aliphatic carbocycles. The molecule has 0 aliphatic heterocycles. The van der Waals surface area contributed by atoms with Crippen molar-refractivity contribution in [2.45, 2.75) is 6.61 Å². The molecule has 0 aliphatic rings. The number of rotatable bonds is 4. The molecule has 0 radical (unpaired) electrons. The fraction of sp³-hybridized carbons (Fsp3) is 0.0625. The van der Waals surface area contributed by atoms with Gasteiger partial charge in [0, 0.05) is 5.52 Å². The predicted molar refractivity (Wildman–Crippen MR) is 90.7 cm³/mol. The summed E-state index contributed by atoms with van der Waals surface area (Å²) in [4.78, 5) is 27.6. The van der Waals surface area contributed by atoms with Crippen molar-refractivity contribution in [1.29, 1.82) is 0 Å². The molecule has 0 spiro atoms. The average Bonchev–Trinajstić information content (AvgIpc) is 3.30. The summed E-state index contributed by atoms with van der Waals surface area (Å²) >= 11 is 1.22. The van der Waals surface area contributed by atoms with E-state index in [1.807, 2.05) is 24.3 Å². The van der Waals surface area contributed by atoms with Crippen LogP contribution in [0.3, 0.4) is 0 Å². The van der Waals surface area contributed by atoms with Crippen LogP contribution < -0.4 is 5.56 Å².